The first-order valence-corrected chi connectivity index (χ1v) is 5.17. The van der Waals surface area contributed by atoms with Gasteiger partial charge < -0.3 is 15.2 Å². The van der Waals surface area contributed by atoms with Gasteiger partial charge in [0.1, 0.15) is 12.4 Å². The molecule has 6 heteroatoms. The molecular formula is C10H18IN5. The number of halogens is 1. The summed E-state index contributed by atoms with van der Waals surface area (Å²) in [5, 5.41) is 0. The van der Waals surface area contributed by atoms with E-state index in [4.69, 9.17) is 5.73 Å². The number of aliphatic imine (C=N–C) groups is 1. The van der Waals surface area contributed by atoms with Crippen LogP contribution >= 0.6 is 24.0 Å². The molecule has 2 N–H and O–H groups in total. The van der Waals surface area contributed by atoms with E-state index in [9.17, 15) is 0 Å². The summed E-state index contributed by atoms with van der Waals surface area (Å²) in [6, 6.07) is 0.607. The lowest BCUT2D eigenvalue weighted by molar-refractivity contribution is 0.486. The van der Waals surface area contributed by atoms with Crippen molar-refractivity contribution in [2.75, 3.05) is 7.05 Å². The third-order valence-corrected chi connectivity index (χ3v) is 2.76. The van der Waals surface area contributed by atoms with E-state index in [0.29, 0.717) is 18.5 Å². The van der Waals surface area contributed by atoms with Crippen LogP contribution in [0.4, 0.5) is 0 Å². The zero-order valence-electron chi connectivity index (χ0n) is 9.63. The standard InChI is InChI=1S/C10H17N5.HI/c1-14-6-5-12-9(14)7-13-10(11)15(2)8-3-4-8;/h5-6,8H,3-4,7H2,1-2H3,(H2,11,13);1H. The first kappa shape index (κ1) is 13.3. The van der Waals surface area contributed by atoms with Gasteiger partial charge in [-0.05, 0) is 12.8 Å². The molecule has 1 aromatic heterocycles. The normalized spacial score (nSPS) is 15.8. The SMILES string of the molecule is CN(C(N)=NCc1nccn1C)C1CC1.I. The molecule has 1 heterocycles. The first-order chi connectivity index (χ1) is 7.18. The van der Waals surface area contributed by atoms with Crippen LogP contribution in [0.2, 0.25) is 0 Å². The number of guanidine groups is 1. The van der Waals surface area contributed by atoms with Crippen molar-refractivity contribution < 1.29 is 0 Å². The summed E-state index contributed by atoms with van der Waals surface area (Å²) in [5.41, 5.74) is 5.86. The van der Waals surface area contributed by atoms with E-state index >= 15 is 0 Å². The summed E-state index contributed by atoms with van der Waals surface area (Å²) in [6.45, 7) is 0.548. The highest BCUT2D eigenvalue weighted by atomic mass is 127. The zero-order valence-corrected chi connectivity index (χ0v) is 12.0. The molecule has 0 amide bonds. The van der Waals surface area contributed by atoms with Gasteiger partial charge in [0.2, 0.25) is 0 Å². The highest BCUT2D eigenvalue weighted by Gasteiger charge is 2.27. The van der Waals surface area contributed by atoms with Crippen molar-refractivity contribution in [2.24, 2.45) is 17.8 Å². The summed E-state index contributed by atoms with van der Waals surface area (Å²) in [4.78, 5) is 10.6. The molecule has 90 valence electrons. The summed E-state index contributed by atoms with van der Waals surface area (Å²) in [5.74, 6) is 1.54. The Balaban J connectivity index is 0.00000128. The second-order valence-electron chi connectivity index (χ2n) is 3.97. The minimum absolute atomic E-state index is 0. The lowest BCUT2D eigenvalue weighted by Gasteiger charge is -2.16. The number of hydrogen-bond donors (Lipinski definition) is 1. The minimum Gasteiger partial charge on any atom is -0.370 e. The molecule has 1 saturated carbocycles. The summed E-state index contributed by atoms with van der Waals surface area (Å²) < 4.78 is 1.95. The van der Waals surface area contributed by atoms with Crippen LogP contribution in [0, 0.1) is 0 Å². The Kier molecular flexibility index (Phi) is 4.57. The molecule has 1 aliphatic carbocycles. The fraction of sp³-hybridized carbons (Fsp3) is 0.600. The number of imidazole rings is 1. The maximum absolute atomic E-state index is 5.86. The zero-order chi connectivity index (χ0) is 10.8. The van der Waals surface area contributed by atoms with Gasteiger partial charge in [0.05, 0.1) is 0 Å². The third-order valence-electron chi connectivity index (χ3n) is 2.76. The fourth-order valence-electron chi connectivity index (χ4n) is 1.46. The van der Waals surface area contributed by atoms with Crippen molar-refractivity contribution >= 4 is 29.9 Å². The van der Waals surface area contributed by atoms with Crippen LogP contribution < -0.4 is 5.73 Å². The molecule has 0 aromatic carbocycles. The van der Waals surface area contributed by atoms with Gasteiger partial charge in [-0.3, -0.25) is 0 Å². The largest absolute Gasteiger partial charge is 0.370 e. The number of aryl methyl sites for hydroxylation is 1. The van der Waals surface area contributed by atoms with E-state index < -0.39 is 0 Å². The van der Waals surface area contributed by atoms with Gasteiger partial charge in [-0.15, -0.1) is 24.0 Å². The lowest BCUT2D eigenvalue weighted by Crippen LogP contribution is -2.35. The van der Waals surface area contributed by atoms with Crippen LogP contribution in [0.5, 0.6) is 0 Å². The second-order valence-corrected chi connectivity index (χ2v) is 3.97. The average molecular weight is 335 g/mol. The van der Waals surface area contributed by atoms with E-state index in [1.54, 1.807) is 6.20 Å². The molecule has 5 nitrogen and oxygen atoms in total. The molecule has 0 atom stereocenters. The Hall–Kier alpha value is -0.790. The fourth-order valence-corrected chi connectivity index (χ4v) is 1.46. The molecule has 0 unspecified atom stereocenters. The smallest absolute Gasteiger partial charge is 0.191 e. The summed E-state index contributed by atoms with van der Waals surface area (Å²) in [7, 11) is 3.95. The minimum atomic E-state index is 0. The van der Waals surface area contributed by atoms with Crippen molar-refractivity contribution in [1.29, 1.82) is 0 Å². The van der Waals surface area contributed by atoms with Gasteiger partial charge in [0.15, 0.2) is 5.96 Å². The first-order valence-electron chi connectivity index (χ1n) is 5.17. The van der Waals surface area contributed by atoms with Crippen molar-refractivity contribution in [3.63, 3.8) is 0 Å². The predicted molar refractivity (Wildman–Crippen MR) is 74.7 cm³/mol. The van der Waals surface area contributed by atoms with Crippen LogP contribution in [0.15, 0.2) is 17.4 Å². The molecule has 1 fully saturated rings. The Morgan fingerprint density at radius 2 is 2.38 bits per heavy atom. The van der Waals surface area contributed by atoms with Crippen LogP contribution in [-0.4, -0.2) is 33.5 Å². The van der Waals surface area contributed by atoms with E-state index in [-0.39, 0.29) is 24.0 Å². The van der Waals surface area contributed by atoms with E-state index in [0.717, 1.165) is 5.82 Å². The number of rotatable bonds is 3. The number of nitrogens with two attached hydrogens (primary N) is 1. The van der Waals surface area contributed by atoms with Crippen LogP contribution in [0.3, 0.4) is 0 Å². The summed E-state index contributed by atoms with van der Waals surface area (Å²) in [6.07, 6.45) is 6.14. The highest BCUT2D eigenvalue weighted by molar-refractivity contribution is 14.0. The predicted octanol–water partition coefficient (Wildman–Crippen LogP) is 0.947. The molecule has 1 aromatic rings. The summed E-state index contributed by atoms with van der Waals surface area (Å²) >= 11 is 0. The van der Waals surface area contributed by atoms with Gasteiger partial charge in [-0.2, -0.15) is 0 Å². The monoisotopic (exact) mass is 335 g/mol. The lowest BCUT2D eigenvalue weighted by atomic mass is 10.5. The van der Waals surface area contributed by atoms with Crippen molar-refractivity contribution in [3.8, 4) is 0 Å². The van der Waals surface area contributed by atoms with Gasteiger partial charge >= 0.3 is 0 Å². The average Bonchev–Trinajstić information content (AvgIpc) is 2.99. The number of aromatic nitrogens is 2. The van der Waals surface area contributed by atoms with Gasteiger partial charge in [-0.1, -0.05) is 0 Å². The van der Waals surface area contributed by atoms with Gasteiger partial charge in [-0.25, -0.2) is 9.98 Å². The van der Waals surface area contributed by atoms with Gasteiger partial charge in [0, 0.05) is 32.5 Å². The third kappa shape index (κ3) is 3.10. The van der Waals surface area contributed by atoms with E-state index in [1.165, 1.54) is 12.8 Å². The topological polar surface area (TPSA) is 59.4 Å². The Bertz CT molecular complexity index is 369. The number of nitrogens with zero attached hydrogens (tertiary/aromatic N) is 4. The maximum Gasteiger partial charge on any atom is 0.191 e. The Morgan fingerprint density at radius 1 is 1.69 bits per heavy atom. The van der Waals surface area contributed by atoms with E-state index in [1.807, 2.05) is 29.8 Å². The molecular weight excluding hydrogens is 317 g/mol. The maximum atomic E-state index is 5.86. The van der Waals surface area contributed by atoms with Crippen LogP contribution in [0.25, 0.3) is 0 Å². The van der Waals surface area contributed by atoms with Crippen LogP contribution in [0.1, 0.15) is 18.7 Å². The highest BCUT2D eigenvalue weighted by Crippen LogP contribution is 2.24. The van der Waals surface area contributed by atoms with Crippen LogP contribution in [-0.2, 0) is 13.6 Å². The molecule has 1 aliphatic rings. The van der Waals surface area contributed by atoms with Crippen molar-refractivity contribution in [1.82, 2.24) is 14.5 Å². The Labute approximate surface area is 113 Å². The van der Waals surface area contributed by atoms with Crippen molar-refractivity contribution in [2.45, 2.75) is 25.4 Å². The van der Waals surface area contributed by atoms with Gasteiger partial charge in [0.25, 0.3) is 0 Å². The molecule has 16 heavy (non-hydrogen) atoms. The molecule has 0 bridgehead atoms. The molecule has 0 saturated heterocycles. The Morgan fingerprint density at radius 3 is 2.88 bits per heavy atom. The quantitative estimate of drug-likeness (QED) is 0.508. The number of hydrogen-bond acceptors (Lipinski definition) is 2. The van der Waals surface area contributed by atoms with E-state index in [2.05, 4.69) is 9.98 Å². The second kappa shape index (κ2) is 5.51. The molecule has 0 aliphatic heterocycles. The molecule has 2 rings (SSSR count). The molecule has 0 radical (unpaired) electrons. The molecule has 0 spiro atoms. The van der Waals surface area contributed by atoms with Crippen molar-refractivity contribution in [3.05, 3.63) is 18.2 Å².